The first-order valence-electron chi connectivity index (χ1n) is 5.76. The van der Waals surface area contributed by atoms with E-state index in [9.17, 15) is 9.59 Å². The zero-order valence-corrected chi connectivity index (χ0v) is 11.1. The SMILES string of the molecule is CC(C)(C)OC(=O)N1C[C@@H](C(=O)O)CC1(C)C. The Hall–Kier alpha value is -1.26. The number of rotatable bonds is 1. The Morgan fingerprint density at radius 3 is 2.24 bits per heavy atom. The molecule has 1 N–H and O–H groups in total. The van der Waals surface area contributed by atoms with E-state index in [-0.39, 0.29) is 6.54 Å². The summed E-state index contributed by atoms with van der Waals surface area (Å²) in [5.74, 6) is -1.36. The van der Waals surface area contributed by atoms with Crippen LogP contribution < -0.4 is 0 Å². The normalized spacial score (nSPS) is 23.6. The molecule has 0 aliphatic carbocycles. The Balaban J connectivity index is 2.77. The van der Waals surface area contributed by atoms with Gasteiger partial charge in [0.15, 0.2) is 0 Å². The summed E-state index contributed by atoms with van der Waals surface area (Å²) in [6.07, 6.45) is 0.0212. The van der Waals surface area contributed by atoms with Gasteiger partial charge in [0.05, 0.1) is 5.92 Å². The fourth-order valence-corrected chi connectivity index (χ4v) is 2.05. The van der Waals surface area contributed by atoms with E-state index in [1.54, 1.807) is 20.8 Å². The van der Waals surface area contributed by atoms with Gasteiger partial charge >= 0.3 is 12.1 Å². The number of hydrogen-bond acceptors (Lipinski definition) is 3. The molecule has 0 aromatic heterocycles. The van der Waals surface area contributed by atoms with E-state index in [2.05, 4.69) is 0 Å². The van der Waals surface area contributed by atoms with E-state index in [0.29, 0.717) is 6.42 Å². The quantitative estimate of drug-likeness (QED) is 0.766. The molecule has 0 saturated carbocycles. The second-order valence-corrected chi connectivity index (χ2v) is 6.14. The van der Waals surface area contributed by atoms with Crippen LogP contribution in [0.15, 0.2) is 0 Å². The molecule has 1 aliphatic rings. The molecule has 0 spiro atoms. The molecule has 0 unspecified atom stereocenters. The Morgan fingerprint density at radius 2 is 1.88 bits per heavy atom. The second kappa shape index (κ2) is 4.20. The lowest BCUT2D eigenvalue weighted by Crippen LogP contribution is -2.45. The average Bonchev–Trinajstić information content (AvgIpc) is 2.38. The number of nitrogens with zero attached hydrogens (tertiary/aromatic N) is 1. The van der Waals surface area contributed by atoms with Gasteiger partial charge in [0.2, 0.25) is 0 Å². The lowest BCUT2D eigenvalue weighted by molar-refractivity contribution is -0.141. The van der Waals surface area contributed by atoms with Crippen molar-refractivity contribution in [3.05, 3.63) is 0 Å². The smallest absolute Gasteiger partial charge is 0.410 e. The highest BCUT2D eigenvalue weighted by atomic mass is 16.6. The first kappa shape index (κ1) is 13.8. The zero-order chi connectivity index (χ0) is 13.4. The van der Waals surface area contributed by atoms with Gasteiger partial charge in [0, 0.05) is 12.1 Å². The van der Waals surface area contributed by atoms with Gasteiger partial charge in [-0.3, -0.25) is 4.79 Å². The molecule has 17 heavy (non-hydrogen) atoms. The highest BCUT2D eigenvalue weighted by Crippen LogP contribution is 2.33. The fourth-order valence-electron chi connectivity index (χ4n) is 2.05. The van der Waals surface area contributed by atoms with Crippen LogP contribution in [0.1, 0.15) is 41.0 Å². The topological polar surface area (TPSA) is 66.8 Å². The van der Waals surface area contributed by atoms with Crippen LogP contribution in [-0.4, -0.2) is 39.8 Å². The standard InChI is InChI=1S/C12H21NO4/c1-11(2,3)17-10(16)13-7-8(9(14)15)6-12(13,4)5/h8H,6-7H2,1-5H3,(H,14,15)/t8-/m0/s1. The molecule has 0 aromatic rings. The van der Waals surface area contributed by atoms with Gasteiger partial charge in [-0.25, -0.2) is 4.79 Å². The number of carboxylic acids is 1. The third kappa shape index (κ3) is 3.35. The summed E-state index contributed by atoms with van der Waals surface area (Å²) >= 11 is 0. The van der Waals surface area contributed by atoms with Crippen molar-refractivity contribution in [2.45, 2.75) is 52.2 Å². The number of likely N-dealkylation sites (tertiary alicyclic amines) is 1. The zero-order valence-electron chi connectivity index (χ0n) is 11.1. The van der Waals surface area contributed by atoms with Gasteiger partial charge in [0.25, 0.3) is 0 Å². The minimum atomic E-state index is -0.857. The molecular weight excluding hydrogens is 222 g/mol. The summed E-state index contributed by atoms with van der Waals surface area (Å²) in [7, 11) is 0. The van der Waals surface area contributed by atoms with E-state index in [1.807, 2.05) is 13.8 Å². The van der Waals surface area contributed by atoms with E-state index < -0.39 is 29.1 Å². The van der Waals surface area contributed by atoms with E-state index in [1.165, 1.54) is 4.90 Å². The maximum atomic E-state index is 12.0. The molecule has 0 aromatic carbocycles. The number of carbonyl (C=O) groups is 2. The van der Waals surface area contributed by atoms with Gasteiger partial charge in [0.1, 0.15) is 5.60 Å². The summed E-state index contributed by atoms with van der Waals surface area (Å²) < 4.78 is 5.28. The fraction of sp³-hybridized carbons (Fsp3) is 0.833. The van der Waals surface area contributed by atoms with Crippen LogP contribution >= 0.6 is 0 Å². The third-order valence-corrected chi connectivity index (χ3v) is 2.84. The maximum absolute atomic E-state index is 12.0. The summed E-state index contributed by atoms with van der Waals surface area (Å²) in [5.41, 5.74) is -1.03. The van der Waals surface area contributed by atoms with Crippen LogP contribution in [0.5, 0.6) is 0 Å². The first-order chi connectivity index (χ1) is 7.53. The van der Waals surface area contributed by atoms with Crippen molar-refractivity contribution in [3.8, 4) is 0 Å². The van der Waals surface area contributed by atoms with Gasteiger partial charge in [-0.15, -0.1) is 0 Å². The van der Waals surface area contributed by atoms with Gasteiger partial charge in [-0.1, -0.05) is 0 Å². The predicted molar refractivity (Wildman–Crippen MR) is 62.8 cm³/mol. The summed E-state index contributed by atoms with van der Waals surface area (Å²) in [6.45, 7) is 9.32. The molecule has 1 saturated heterocycles. The number of aliphatic carboxylic acids is 1. The number of carbonyl (C=O) groups excluding carboxylic acids is 1. The molecule has 1 fully saturated rings. The van der Waals surface area contributed by atoms with Gasteiger partial charge in [-0.05, 0) is 41.0 Å². The summed E-state index contributed by atoms with van der Waals surface area (Å²) in [5, 5.41) is 9.00. The molecule has 1 aliphatic heterocycles. The van der Waals surface area contributed by atoms with Gasteiger partial charge < -0.3 is 14.7 Å². The van der Waals surface area contributed by atoms with Gasteiger partial charge in [-0.2, -0.15) is 0 Å². The molecular formula is C12H21NO4. The van der Waals surface area contributed by atoms with E-state index in [4.69, 9.17) is 9.84 Å². The van der Waals surface area contributed by atoms with Crippen LogP contribution in [0, 0.1) is 5.92 Å². The third-order valence-electron chi connectivity index (χ3n) is 2.84. The lowest BCUT2D eigenvalue weighted by Gasteiger charge is -2.33. The largest absolute Gasteiger partial charge is 0.481 e. The van der Waals surface area contributed by atoms with Crippen molar-refractivity contribution in [2.75, 3.05) is 6.54 Å². The molecule has 0 bridgehead atoms. The Morgan fingerprint density at radius 1 is 1.35 bits per heavy atom. The Bertz CT molecular complexity index is 330. The lowest BCUT2D eigenvalue weighted by atomic mass is 9.97. The second-order valence-electron chi connectivity index (χ2n) is 6.14. The molecule has 5 heteroatoms. The highest BCUT2D eigenvalue weighted by Gasteiger charge is 2.45. The van der Waals surface area contributed by atoms with Crippen LogP contribution in [-0.2, 0) is 9.53 Å². The van der Waals surface area contributed by atoms with Crippen LogP contribution in [0.4, 0.5) is 4.79 Å². The number of ether oxygens (including phenoxy) is 1. The average molecular weight is 243 g/mol. The van der Waals surface area contributed by atoms with E-state index >= 15 is 0 Å². The van der Waals surface area contributed by atoms with Crippen molar-refractivity contribution in [1.29, 1.82) is 0 Å². The van der Waals surface area contributed by atoms with Crippen LogP contribution in [0.2, 0.25) is 0 Å². The summed E-state index contributed by atoms with van der Waals surface area (Å²) in [6, 6.07) is 0. The van der Waals surface area contributed by atoms with E-state index in [0.717, 1.165) is 0 Å². The Labute approximate surface area is 102 Å². The number of hydrogen-bond donors (Lipinski definition) is 1. The monoisotopic (exact) mass is 243 g/mol. The molecule has 5 nitrogen and oxygen atoms in total. The Kier molecular flexibility index (Phi) is 3.41. The minimum Gasteiger partial charge on any atom is -0.481 e. The molecule has 1 heterocycles. The summed E-state index contributed by atoms with van der Waals surface area (Å²) in [4.78, 5) is 24.4. The van der Waals surface area contributed by atoms with Crippen molar-refractivity contribution in [2.24, 2.45) is 5.92 Å². The highest BCUT2D eigenvalue weighted by molar-refractivity contribution is 5.75. The molecule has 98 valence electrons. The first-order valence-corrected chi connectivity index (χ1v) is 5.76. The van der Waals surface area contributed by atoms with Crippen molar-refractivity contribution in [1.82, 2.24) is 4.90 Å². The van der Waals surface area contributed by atoms with Crippen molar-refractivity contribution >= 4 is 12.1 Å². The number of carboxylic acid groups (broad SMARTS) is 1. The maximum Gasteiger partial charge on any atom is 0.410 e. The van der Waals surface area contributed by atoms with Crippen molar-refractivity contribution in [3.63, 3.8) is 0 Å². The van der Waals surface area contributed by atoms with Crippen molar-refractivity contribution < 1.29 is 19.4 Å². The molecule has 1 atom stereocenters. The minimum absolute atomic E-state index is 0.219. The van der Waals surface area contributed by atoms with Crippen LogP contribution in [0.25, 0.3) is 0 Å². The molecule has 0 radical (unpaired) electrons. The number of amides is 1. The molecule has 1 amide bonds. The molecule has 1 rings (SSSR count). The van der Waals surface area contributed by atoms with Crippen LogP contribution in [0.3, 0.4) is 0 Å². The predicted octanol–water partition coefficient (Wildman–Crippen LogP) is 2.11.